The van der Waals surface area contributed by atoms with Crippen molar-refractivity contribution in [3.63, 3.8) is 0 Å². The van der Waals surface area contributed by atoms with E-state index in [1.54, 1.807) is 26.0 Å². The molecular formula is C20H32FN5O. The summed E-state index contributed by atoms with van der Waals surface area (Å²) in [4.78, 5) is 20.2. The van der Waals surface area contributed by atoms with Gasteiger partial charge in [-0.2, -0.15) is 0 Å². The van der Waals surface area contributed by atoms with Gasteiger partial charge in [0.2, 0.25) is 5.91 Å². The summed E-state index contributed by atoms with van der Waals surface area (Å²) in [5.74, 6) is 0.689. The molecule has 1 saturated heterocycles. The monoisotopic (exact) mass is 377 g/mol. The number of aryl methyl sites for hydroxylation is 1. The van der Waals surface area contributed by atoms with Crippen molar-refractivity contribution < 1.29 is 9.18 Å². The van der Waals surface area contributed by atoms with Crippen molar-refractivity contribution in [1.82, 2.24) is 20.4 Å². The molecule has 0 spiro atoms. The number of amides is 1. The van der Waals surface area contributed by atoms with Crippen LogP contribution in [-0.4, -0.2) is 67.5 Å². The first-order chi connectivity index (χ1) is 12.9. The molecule has 0 aliphatic carbocycles. The maximum Gasteiger partial charge on any atom is 0.219 e. The molecule has 1 aromatic carbocycles. The summed E-state index contributed by atoms with van der Waals surface area (Å²) in [5.41, 5.74) is 1.54. The molecule has 0 bridgehead atoms. The van der Waals surface area contributed by atoms with Crippen LogP contribution in [0.5, 0.6) is 0 Å². The molecule has 1 aliphatic heterocycles. The lowest BCUT2D eigenvalue weighted by atomic mass is 10.1. The van der Waals surface area contributed by atoms with E-state index < -0.39 is 0 Å². The summed E-state index contributed by atoms with van der Waals surface area (Å²) in [6.45, 7) is 13.0. The Bertz CT molecular complexity index is 656. The van der Waals surface area contributed by atoms with Crippen LogP contribution in [0.3, 0.4) is 0 Å². The molecule has 1 fully saturated rings. The average Bonchev–Trinajstić information content (AvgIpc) is 2.64. The second-order valence-electron chi connectivity index (χ2n) is 6.98. The summed E-state index contributed by atoms with van der Waals surface area (Å²) in [6, 6.07) is 5.27. The Balaban J connectivity index is 1.86. The number of carbonyl (C=O) groups is 1. The maximum absolute atomic E-state index is 13.8. The summed E-state index contributed by atoms with van der Waals surface area (Å²) < 4.78 is 13.8. The van der Waals surface area contributed by atoms with E-state index in [4.69, 9.17) is 0 Å². The van der Waals surface area contributed by atoms with Gasteiger partial charge in [0.1, 0.15) is 5.82 Å². The molecule has 1 unspecified atom stereocenters. The van der Waals surface area contributed by atoms with E-state index in [0.29, 0.717) is 12.1 Å². The standard InChI is InChI=1S/C20H32FN5O/c1-5-22-20(24-16(3)18-7-6-15(2)19(21)14-18)23-8-9-25-10-12-26(13-11-25)17(4)27/h6-7,14,16H,5,8-13H2,1-4H3,(H2,22,23,24). The fraction of sp³-hybridized carbons (Fsp3) is 0.600. The van der Waals surface area contributed by atoms with Crippen LogP contribution in [0.2, 0.25) is 0 Å². The Morgan fingerprint density at radius 1 is 1.30 bits per heavy atom. The molecule has 7 heteroatoms. The molecule has 6 nitrogen and oxygen atoms in total. The highest BCUT2D eigenvalue weighted by molar-refractivity contribution is 5.80. The van der Waals surface area contributed by atoms with Gasteiger partial charge in [0.25, 0.3) is 0 Å². The lowest BCUT2D eigenvalue weighted by Crippen LogP contribution is -2.48. The van der Waals surface area contributed by atoms with E-state index in [1.807, 2.05) is 24.8 Å². The van der Waals surface area contributed by atoms with Crippen molar-refractivity contribution >= 4 is 11.9 Å². The molecule has 1 aliphatic rings. The largest absolute Gasteiger partial charge is 0.357 e. The van der Waals surface area contributed by atoms with E-state index in [1.165, 1.54) is 0 Å². The number of carbonyl (C=O) groups excluding carboxylic acids is 1. The highest BCUT2D eigenvalue weighted by Crippen LogP contribution is 2.16. The quantitative estimate of drug-likeness (QED) is 0.587. The minimum Gasteiger partial charge on any atom is -0.357 e. The van der Waals surface area contributed by atoms with Gasteiger partial charge >= 0.3 is 0 Å². The zero-order valence-corrected chi connectivity index (χ0v) is 16.9. The van der Waals surface area contributed by atoms with Gasteiger partial charge in [-0.15, -0.1) is 0 Å². The van der Waals surface area contributed by atoms with Gasteiger partial charge in [0.15, 0.2) is 5.96 Å². The predicted molar refractivity (Wildman–Crippen MR) is 107 cm³/mol. The molecule has 2 N–H and O–H groups in total. The molecule has 27 heavy (non-hydrogen) atoms. The fourth-order valence-corrected chi connectivity index (χ4v) is 3.08. The SMILES string of the molecule is CCNC(=NCCN1CCN(C(C)=O)CC1)NC(C)c1ccc(C)c(F)c1. The summed E-state index contributed by atoms with van der Waals surface area (Å²) >= 11 is 0. The molecule has 0 radical (unpaired) electrons. The van der Waals surface area contributed by atoms with Crippen molar-refractivity contribution in [2.45, 2.75) is 33.7 Å². The molecule has 0 saturated carbocycles. The van der Waals surface area contributed by atoms with Crippen LogP contribution in [0.25, 0.3) is 0 Å². The Morgan fingerprint density at radius 3 is 2.59 bits per heavy atom. The third-order valence-corrected chi connectivity index (χ3v) is 4.90. The second kappa shape index (κ2) is 10.3. The summed E-state index contributed by atoms with van der Waals surface area (Å²) in [7, 11) is 0. The van der Waals surface area contributed by atoms with E-state index >= 15 is 0 Å². The van der Waals surface area contributed by atoms with Crippen LogP contribution in [0.15, 0.2) is 23.2 Å². The first kappa shape index (κ1) is 21.2. The fourth-order valence-electron chi connectivity index (χ4n) is 3.08. The number of nitrogens with zero attached hydrogens (tertiary/aromatic N) is 3. The normalized spacial score (nSPS) is 16.9. The van der Waals surface area contributed by atoms with Gasteiger partial charge in [0.05, 0.1) is 12.6 Å². The van der Waals surface area contributed by atoms with Crippen LogP contribution in [0.4, 0.5) is 4.39 Å². The molecule has 1 amide bonds. The predicted octanol–water partition coefficient (Wildman–Crippen LogP) is 1.91. The van der Waals surface area contributed by atoms with Crippen LogP contribution in [0, 0.1) is 12.7 Å². The number of hydrogen-bond donors (Lipinski definition) is 2. The number of benzene rings is 1. The van der Waals surface area contributed by atoms with E-state index in [0.717, 1.165) is 50.8 Å². The van der Waals surface area contributed by atoms with Gasteiger partial charge in [-0.25, -0.2) is 4.39 Å². The molecule has 1 heterocycles. The molecular weight excluding hydrogens is 345 g/mol. The van der Waals surface area contributed by atoms with Crippen LogP contribution >= 0.6 is 0 Å². The zero-order chi connectivity index (χ0) is 19.8. The number of piperazine rings is 1. The van der Waals surface area contributed by atoms with Gasteiger partial charge < -0.3 is 15.5 Å². The van der Waals surface area contributed by atoms with Crippen LogP contribution < -0.4 is 10.6 Å². The molecule has 0 aromatic heterocycles. The summed E-state index contributed by atoms with van der Waals surface area (Å²) in [6.07, 6.45) is 0. The molecule has 1 atom stereocenters. The van der Waals surface area contributed by atoms with Gasteiger partial charge in [-0.1, -0.05) is 12.1 Å². The van der Waals surface area contributed by atoms with Crippen LogP contribution in [-0.2, 0) is 4.79 Å². The minimum absolute atomic E-state index is 0.0444. The number of rotatable bonds is 6. The van der Waals surface area contributed by atoms with Crippen LogP contribution in [0.1, 0.15) is 37.9 Å². The maximum atomic E-state index is 13.8. The topological polar surface area (TPSA) is 60.0 Å². The first-order valence-corrected chi connectivity index (χ1v) is 9.69. The van der Waals surface area contributed by atoms with Crippen molar-refractivity contribution in [2.75, 3.05) is 45.8 Å². The molecule has 1 aromatic rings. The molecule has 150 valence electrons. The number of nitrogens with one attached hydrogen (secondary N) is 2. The van der Waals surface area contributed by atoms with E-state index in [-0.39, 0.29) is 17.8 Å². The first-order valence-electron chi connectivity index (χ1n) is 9.69. The van der Waals surface area contributed by atoms with Crippen molar-refractivity contribution in [3.8, 4) is 0 Å². The third-order valence-electron chi connectivity index (χ3n) is 4.90. The van der Waals surface area contributed by atoms with Gasteiger partial charge in [-0.3, -0.25) is 14.7 Å². The average molecular weight is 378 g/mol. The minimum atomic E-state index is -0.187. The zero-order valence-electron chi connectivity index (χ0n) is 16.9. The van der Waals surface area contributed by atoms with Gasteiger partial charge in [0, 0.05) is 46.2 Å². The number of halogens is 1. The smallest absolute Gasteiger partial charge is 0.219 e. The van der Waals surface area contributed by atoms with E-state index in [2.05, 4.69) is 20.5 Å². The number of guanidine groups is 1. The summed E-state index contributed by atoms with van der Waals surface area (Å²) in [5, 5.41) is 6.58. The number of aliphatic imine (C=N–C) groups is 1. The highest BCUT2D eigenvalue weighted by Gasteiger charge is 2.18. The highest BCUT2D eigenvalue weighted by atomic mass is 19.1. The third kappa shape index (κ3) is 6.50. The lowest BCUT2D eigenvalue weighted by molar-refractivity contribution is -0.130. The van der Waals surface area contributed by atoms with Gasteiger partial charge in [-0.05, 0) is 38.0 Å². The van der Waals surface area contributed by atoms with Crippen molar-refractivity contribution in [2.24, 2.45) is 4.99 Å². The Morgan fingerprint density at radius 2 is 2.00 bits per heavy atom. The second-order valence-corrected chi connectivity index (χ2v) is 6.98. The Labute approximate surface area is 161 Å². The Hall–Kier alpha value is -2.15. The lowest BCUT2D eigenvalue weighted by Gasteiger charge is -2.33. The number of hydrogen-bond acceptors (Lipinski definition) is 3. The Kier molecular flexibility index (Phi) is 8.03. The van der Waals surface area contributed by atoms with Crippen molar-refractivity contribution in [3.05, 3.63) is 35.1 Å². The molecule has 2 rings (SSSR count). The van der Waals surface area contributed by atoms with Crippen molar-refractivity contribution in [1.29, 1.82) is 0 Å². The van der Waals surface area contributed by atoms with E-state index in [9.17, 15) is 9.18 Å².